The summed E-state index contributed by atoms with van der Waals surface area (Å²) in [6.07, 6.45) is 5.46. The smallest absolute Gasteiger partial charge is 0.254 e. The van der Waals surface area contributed by atoms with Gasteiger partial charge < -0.3 is 15.2 Å². The number of pyridine rings is 1. The van der Waals surface area contributed by atoms with Gasteiger partial charge in [-0.1, -0.05) is 13.8 Å². The highest BCUT2D eigenvalue weighted by atomic mass is 16.1. The summed E-state index contributed by atoms with van der Waals surface area (Å²) < 4.78 is 0. The number of aromatic nitrogens is 3. The van der Waals surface area contributed by atoms with Crippen molar-refractivity contribution in [3.05, 3.63) is 39.9 Å². The molecule has 1 aliphatic rings. The maximum absolute atomic E-state index is 11.9. The fourth-order valence-corrected chi connectivity index (χ4v) is 4.07. The quantitative estimate of drug-likeness (QED) is 0.715. The molecule has 152 valence electrons. The summed E-state index contributed by atoms with van der Waals surface area (Å²) in [6, 6.07) is 3.89. The van der Waals surface area contributed by atoms with Crippen LogP contribution in [-0.4, -0.2) is 46.0 Å². The monoisotopic (exact) mass is 383 g/mol. The van der Waals surface area contributed by atoms with Gasteiger partial charge >= 0.3 is 0 Å². The zero-order valence-corrected chi connectivity index (χ0v) is 17.6. The molecule has 2 aromatic heterocycles. The van der Waals surface area contributed by atoms with Gasteiger partial charge in [-0.25, -0.2) is 9.97 Å². The molecule has 0 saturated carbocycles. The first kappa shape index (κ1) is 20.5. The molecule has 6 heteroatoms. The number of likely N-dealkylation sites (tertiary alicyclic amines) is 1. The maximum atomic E-state index is 11.9. The zero-order valence-electron chi connectivity index (χ0n) is 17.6. The van der Waals surface area contributed by atoms with Crippen molar-refractivity contribution < 1.29 is 0 Å². The summed E-state index contributed by atoms with van der Waals surface area (Å²) in [4.78, 5) is 26.3. The molecular weight excluding hydrogens is 350 g/mol. The largest absolute Gasteiger partial charge is 0.370 e. The van der Waals surface area contributed by atoms with Gasteiger partial charge in [0.1, 0.15) is 11.6 Å². The minimum absolute atomic E-state index is 0.0952. The zero-order chi connectivity index (χ0) is 20.1. The Morgan fingerprint density at radius 2 is 1.93 bits per heavy atom. The predicted octanol–water partition coefficient (Wildman–Crippen LogP) is 3.62. The highest BCUT2D eigenvalue weighted by molar-refractivity contribution is 5.56. The van der Waals surface area contributed by atoms with Gasteiger partial charge in [0.15, 0.2) is 0 Å². The van der Waals surface area contributed by atoms with Crippen molar-refractivity contribution in [2.24, 2.45) is 11.8 Å². The number of anilines is 1. The van der Waals surface area contributed by atoms with E-state index in [-0.39, 0.29) is 5.56 Å². The molecule has 0 spiro atoms. The molecule has 2 N–H and O–H groups in total. The fourth-order valence-electron chi connectivity index (χ4n) is 4.07. The van der Waals surface area contributed by atoms with E-state index in [1.165, 1.54) is 32.5 Å². The molecule has 6 nitrogen and oxygen atoms in total. The third kappa shape index (κ3) is 5.41. The number of nitrogens with zero attached hydrogens (tertiary/aromatic N) is 3. The molecule has 2 atom stereocenters. The van der Waals surface area contributed by atoms with Crippen molar-refractivity contribution in [2.75, 3.05) is 31.5 Å². The number of aromatic amines is 1. The molecule has 0 amide bonds. The average Bonchev–Trinajstić information content (AvgIpc) is 2.65. The molecule has 0 bridgehead atoms. The van der Waals surface area contributed by atoms with Crippen LogP contribution in [0.5, 0.6) is 0 Å². The summed E-state index contributed by atoms with van der Waals surface area (Å²) >= 11 is 0. The lowest BCUT2D eigenvalue weighted by atomic mass is 9.92. The first-order valence-electron chi connectivity index (χ1n) is 10.4. The van der Waals surface area contributed by atoms with E-state index in [1.54, 1.807) is 13.1 Å². The highest BCUT2D eigenvalue weighted by Gasteiger charge is 2.20. The van der Waals surface area contributed by atoms with Gasteiger partial charge in [-0.3, -0.25) is 4.79 Å². The van der Waals surface area contributed by atoms with Gasteiger partial charge in [0.25, 0.3) is 5.56 Å². The Labute approximate surface area is 167 Å². The standard InChI is InChI=1S/C22H33N5O/c1-15-11-16(2)14-27(13-15)10-6-5-9-23-20-8-7-19(12-24-20)21-25-18(4)17(3)22(28)26-21/h7-8,12,15-16H,5-6,9-11,13-14H2,1-4H3,(H,23,24)(H,25,26,28). The van der Waals surface area contributed by atoms with Gasteiger partial charge in [0, 0.05) is 42.7 Å². The fraction of sp³-hybridized carbons (Fsp3) is 0.591. The summed E-state index contributed by atoms with van der Waals surface area (Å²) in [7, 11) is 0. The van der Waals surface area contributed by atoms with Gasteiger partial charge in [-0.15, -0.1) is 0 Å². The third-order valence-electron chi connectivity index (χ3n) is 5.58. The first-order valence-corrected chi connectivity index (χ1v) is 10.4. The second-order valence-electron chi connectivity index (χ2n) is 8.40. The Kier molecular flexibility index (Phi) is 6.83. The SMILES string of the molecule is Cc1nc(-c2ccc(NCCCCN3CC(C)CC(C)C3)nc2)[nH]c(=O)c1C. The Hall–Kier alpha value is -2.21. The number of nitrogens with one attached hydrogen (secondary N) is 2. The van der Waals surface area contributed by atoms with E-state index in [0.29, 0.717) is 11.4 Å². The summed E-state index contributed by atoms with van der Waals surface area (Å²) in [5.41, 5.74) is 2.13. The van der Waals surface area contributed by atoms with Crippen LogP contribution in [0.1, 0.15) is 44.4 Å². The number of hydrogen-bond donors (Lipinski definition) is 2. The van der Waals surface area contributed by atoms with Crippen molar-refractivity contribution in [1.82, 2.24) is 19.9 Å². The molecule has 0 radical (unpaired) electrons. The molecule has 0 aliphatic carbocycles. The van der Waals surface area contributed by atoms with Crippen LogP contribution in [0.15, 0.2) is 23.1 Å². The van der Waals surface area contributed by atoms with Crippen LogP contribution in [0, 0.1) is 25.7 Å². The molecular formula is C22H33N5O. The minimum Gasteiger partial charge on any atom is -0.370 e. The van der Waals surface area contributed by atoms with Gasteiger partial charge in [0.2, 0.25) is 0 Å². The van der Waals surface area contributed by atoms with E-state index in [0.717, 1.165) is 41.9 Å². The summed E-state index contributed by atoms with van der Waals surface area (Å²) in [6.45, 7) is 13.0. The first-order chi connectivity index (χ1) is 13.4. The van der Waals surface area contributed by atoms with Crippen LogP contribution < -0.4 is 10.9 Å². The second-order valence-corrected chi connectivity index (χ2v) is 8.40. The average molecular weight is 384 g/mol. The number of hydrogen-bond acceptors (Lipinski definition) is 5. The number of aryl methyl sites for hydroxylation is 1. The van der Waals surface area contributed by atoms with E-state index in [1.807, 2.05) is 19.1 Å². The summed E-state index contributed by atoms with van der Waals surface area (Å²) in [5.74, 6) is 3.07. The van der Waals surface area contributed by atoms with E-state index >= 15 is 0 Å². The Morgan fingerprint density at radius 3 is 2.57 bits per heavy atom. The highest BCUT2D eigenvalue weighted by Crippen LogP contribution is 2.21. The normalized spacial score (nSPS) is 20.3. The number of unbranched alkanes of at least 4 members (excludes halogenated alkanes) is 1. The number of rotatable bonds is 7. The Morgan fingerprint density at radius 1 is 1.18 bits per heavy atom. The lowest BCUT2D eigenvalue weighted by Crippen LogP contribution is -2.39. The molecule has 3 rings (SSSR count). The van der Waals surface area contributed by atoms with Gasteiger partial charge in [-0.2, -0.15) is 0 Å². The van der Waals surface area contributed by atoms with Gasteiger partial charge in [0.05, 0.1) is 0 Å². The summed E-state index contributed by atoms with van der Waals surface area (Å²) in [5, 5.41) is 3.39. The van der Waals surface area contributed by atoms with Crippen molar-refractivity contribution >= 4 is 5.82 Å². The molecule has 1 saturated heterocycles. The van der Waals surface area contributed by atoms with E-state index in [2.05, 4.69) is 39.0 Å². The van der Waals surface area contributed by atoms with Crippen molar-refractivity contribution in [3.8, 4) is 11.4 Å². The Bertz CT molecular complexity index is 820. The maximum Gasteiger partial charge on any atom is 0.254 e. The number of H-pyrrole nitrogens is 1. The molecule has 2 aromatic rings. The second kappa shape index (κ2) is 9.32. The molecule has 3 heterocycles. The topological polar surface area (TPSA) is 73.9 Å². The van der Waals surface area contributed by atoms with Crippen molar-refractivity contribution in [1.29, 1.82) is 0 Å². The van der Waals surface area contributed by atoms with E-state index in [4.69, 9.17) is 0 Å². The molecule has 28 heavy (non-hydrogen) atoms. The molecule has 2 unspecified atom stereocenters. The van der Waals surface area contributed by atoms with Crippen LogP contribution in [-0.2, 0) is 0 Å². The molecule has 1 fully saturated rings. The van der Waals surface area contributed by atoms with E-state index in [9.17, 15) is 4.79 Å². The van der Waals surface area contributed by atoms with Crippen LogP contribution >= 0.6 is 0 Å². The number of piperidine rings is 1. The van der Waals surface area contributed by atoms with Crippen LogP contribution in [0.2, 0.25) is 0 Å². The third-order valence-corrected chi connectivity index (χ3v) is 5.58. The van der Waals surface area contributed by atoms with Crippen molar-refractivity contribution in [3.63, 3.8) is 0 Å². The lowest BCUT2D eigenvalue weighted by Gasteiger charge is -2.34. The minimum atomic E-state index is -0.0952. The van der Waals surface area contributed by atoms with Gasteiger partial charge in [-0.05, 0) is 63.6 Å². The van der Waals surface area contributed by atoms with E-state index < -0.39 is 0 Å². The molecule has 0 aromatic carbocycles. The predicted molar refractivity (Wildman–Crippen MR) is 115 cm³/mol. The van der Waals surface area contributed by atoms with Crippen LogP contribution in [0.4, 0.5) is 5.82 Å². The molecule has 1 aliphatic heterocycles. The van der Waals surface area contributed by atoms with Crippen molar-refractivity contribution in [2.45, 2.75) is 47.0 Å². The van der Waals surface area contributed by atoms with Crippen LogP contribution in [0.25, 0.3) is 11.4 Å². The van der Waals surface area contributed by atoms with Crippen LogP contribution in [0.3, 0.4) is 0 Å². The Balaban J connectivity index is 1.44. The lowest BCUT2D eigenvalue weighted by molar-refractivity contribution is 0.139.